The predicted molar refractivity (Wildman–Crippen MR) is 120 cm³/mol. The Labute approximate surface area is 196 Å². The van der Waals surface area contributed by atoms with Crippen molar-refractivity contribution < 1.29 is 36.9 Å². The first-order valence-corrected chi connectivity index (χ1v) is 9.71. The van der Waals surface area contributed by atoms with E-state index in [1.807, 2.05) is 57.3 Å². The number of Topliss-reactive ketones (excluding diaryl/α,β-unsaturated/α-hetero) is 2. The number of rotatable bonds is 4. The van der Waals surface area contributed by atoms with Crippen LogP contribution in [0.25, 0.3) is 0 Å². The summed E-state index contributed by atoms with van der Waals surface area (Å²) in [4.78, 5) is 23.1. The van der Waals surface area contributed by atoms with Gasteiger partial charge in [0.25, 0.3) is 0 Å². The molecule has 2 aromatic carbocycles. The molecule has 0 amide bonds. The molecule has 0 atom stereocenters. The van der Waals surface area contributed by atoms with Crippen LogP contribution in [0.15, 0.2) is 79.3 Å². The molecule has 0 unspecified atom stereocenters. The summed E-state index contributed by atoms with van der Waals surface area (Å²) in [5, 5.41) is 18.2. The van der Waals surface area contributed by atoms with Crippen molar-refractivity contribution in [3.05, 3.63) is 90.5 Å². The Hall–Kier alpha value is -1.16. The van der Waals surface area contributed by atoms with Crippen LogP contribution in [0.3, 0.4) is 0 Å². The normalized spacial score (nSPS) is 11.7. The van der Waals surface area contributed by atoms with Gasteiger partial charge in [0.2, 0.25) is 11.6 Å². The van der Waals surface area contributed by atoms with Crippen molar-refractivity contribution in [2.45, 2.75) is 13.8 Å². The summed E-state index contributed by atoms with van der Waals surface area (Å²) >= 11 is 3.68. The number of carbonyl (C=O) groups excluding carboxylic acids is 2. The van der Waals surface area contributed by atoms with E-state index in [2.05, 4.69) is 0 Å². The molecule has 147 valence electrons. The Morgan fingerprint density at radius 2 is 0.926 bits per heavy atom. The van der Waals surface area contributed by atoms with Crippen LogP contribution in [-0.4, -0.2) is 21.8 Å². The fourth-order valence-electron chi connectivity index (χ4n) is 1.76. The minimum absolute atomic E-state index is 0. The Balaban J connectivity index is 0.000000483. The van der Waals surface area contributed by atoms with Crippen LogP contribution in [0.4, 0.5) is 0 Å². The smallest absolute Gasteiger partial charge is 0.202 e. The molecule has 1 radical (unpaired) electrons. The number of aliphatic hydroxyl groups excluding tert-OH is 2. The molecule has 0 aliphatic carbocycles. The quantitative estimate of drug-likeness (QED) is 0.138. The van der Waals surface area contributed by atoms with Crippen LogP contribution in [-0.2, 0) is 17.1 Å². The first-order valence-electron chi connectivity index (χ1n) is 7.55. The van der Waals surface area contributed by atoms with E-state index in [0.717, 1.165) is 0 Å². The molecule has 0 aliphatic heterocycles. The summed E-state index contributed by atoms with van der Waals surface area (Å²) in [5.74, 6) is -0.147. The van der Waals surface area contributed by atoms with E-state index in [9.17, 15) is 9.59 Å². The maximum atomic E-state index is 11.6. The van der Waals surface area contributed by atoms with E-state index in [-0.39, 0.29) is 40.2 Å². The number of hydrogen-bond acceptors (Lipinski definition) is 4. The van der Waals surface area contributed by atoms with Gasteiger partial charge in [-0.15, -0.1) is 0 Å². The molecule has 27 heavy (non-hydrogen) atoms. The van der Waals surface area contributed by atoms with Crippen LogP contribution in [0.2, 0.25) is 0 Å². The van der Waals surface area contributed by atoms with Crippen molar-refractivity contribution in [3.63, 3.8) is 0 Å². The van der Waals surface area contributed by atoms with E-state index in [0.29, 0.717) is 18.3 Å². The number of aliphatic hydroxyl groups is 2. The second-order valence-corrected chi connectivity index (χ2v) is 7.35. The van der Waals surface area contributed by atoms with Gasteiger partial charge in [0.05, 0.1) is 7.16 Å². The molecule has 2 rings (SSSR count). The van der Waals surface area contributed by atoms with Gasteiger partial charge in [-0.1, -0.05) is 60.7 Å². The zero-order chi connectivity index (χ0) is 19.7. The molecule has 0 heterocycles. The average molecular weight is 640 g/mol. The van der Waals surface area contributed by atoms with Crippen molar-refractivity contribution in [1.29, 1.82) is 0 Å². The standard InChI is InChI=1S/2C10H9IO2.Cu/c2*1-7(12)9(11)10(13)8-5-3-2-4-6-8;/h2*2-6,12H,1H3;/b2*9-7+;. The van der Waals surface area contributed by atoms with E-state index in [4.69, 9.17) is 10.2 Å². The van der Waals surface area contributed by atoms with Gasteiger partial charge in [0.15, 0.2) is 0 Å². The maximum absolute atomic E-state index is 11.6. The van der Waals surface area contributed by atoms with E-state index in [1.165, 1.54) is 13.8 Å². The zero-order valence-electron chi connectivity index (χ0n) is 14.5. The molecule has 0 aliphatic rings. The van der Waals surface area contributed by atoms with Crippen LogP contribution < -0.4 is 0 Å². The summed E-state index contributed by atoms with van der Waals surface area (Å²) in [5.41, 5.74) is 1.20. The molecule has 0 fully saturated rings. The predicted octanol–water partition coefficient (Wildman–Crippen LogP) is 6.19. The van der Waals surface area contributed by atoms with Crippen LogP contribution in [0.5, 0.6) is 0 Å². The fourth-order valence-corrected chi connectivity index (χ4v) is 2.38. The summed E-state index contributed by atoms with van der Waals surface area (Å²) in [6.07, 6.45) is 0. The van der Waals surface area contributed by atoms with Crippen molar-refractivity contribution >= 4 is 56.7 Å². The van der Waals surface area contributed by atoms with Crippen molar-refractivity contribution in [2.24, 2.45) is 0 Å². The van der Waals surface area contributed by atoms with Crippen LogP contribution in [0.1, 0.15) is 34.6 Å². The Bertz CT molecular complexity index is 752. The van der Waals surface area contributed by atoms with Crippen LogP contribution in [0, 0.1) is 0 Å². The van der Waals surface area contributed by atoms with Crippen molar-refractivity contribution in [1.82, 2.24) is 0 Å². The van der Waals surface area contributed by atoms with Gasteiger partial charge in [0.1, 0.15) is 11.5 Å². The minimum Gasteiger partial charge on any atom is -0.511 e. The number of halogens is 2. The molecular weight excluding hydrogens is 622 g/mol. The number of carbonyl (C=O) groups is 2. The van der Waals surface area contributed by atoms with E-state index >= 15 is 0 Å². The van der Waals surface area contributed by atoms with Gasteiger partial charge in [-0.3, -0.25) is 9.59 Å². The number of benzene rings is 2. The third-order valence-corrected chi connectivity index (χ3v) is 5.65. The molecule has 0 spiro atoms. The molecule has 2 aromatic rings. The Kier molecular flexibility index (Phi) is 12.5. The maximum Gasteiger partial charge on any atom is 0.202 e. The molecule has 7 heteroatoms. The Morgan fingerprint density at radius 3 is 1.15 bits per heavy atom. The summed E-state index contributed by atoms with van der Waals surface area (Å²) < 4.78 is 0.729. The van der Waals surface area contributed by atoms with Gasteiger partial charge in [0, 0.05) is 28.2 Å². The van der Waals surface area contributed by atoms with Crippen molar-refractivity contribution in [2.75, 3.05) is 0 Å². The molecule has 4 nitrogen and oxygen atoms in total. The third kappa shape index (κ3) is 8.59. The second kappa shape index (κ2) is 13.1. The van der Waals surface area contributed by atoms with Gasteiger partial charge in [-0.2, -0.15) is 0 Å². The first kappa shape index (κ1) is 25.8. The Morgan fingerprint density at radius 1 is 0.667 bits per heavy atom. The zero-order valence-corrected chi connectivity index (χ0v) is 19.8. The summed E-state index contributed by atoms with van der Waals surface area (Å²) in [6, 6.07) is 17.8. The molecule has 0 bridgehead atoms. The number of ketones is 2. The number of allylic oxidation sites excluding steroid dienone is 4. The molecule has 0 saturated heterocycles. The minimum atomic E-state index is -0.138. The van der Waals surface area contributed by atoms with Gasteiger partial charge < -0.3 is 10.2 Å². The van der Waals surface area contributed by atoms with Gasteiger partial charge >= 0.3 is 0 Å². The van der Waals surface area contributed by atoms with Gasteiger partial charge in [-0.05, 0) is 59.0 Å². The van der Waals surface area contributed by atoms with Crippen molar-refractivity contribution in [3.8, 4) is 0 Å². The molecular formula is C20H18CuI2O4. The van der Waals surface area contributed by atoms with E-state index in [1.54, 1.807) is 48.5 Å². The fraction of sp³-hybridized carbons (Fsp3) is 0.100. The topological polar surface area (TPSA) is 74.6 Å². The monoisotopic (exact) mass is 639 g/mol. The molecule has 0 saturated carbocycles. The third-order valence-electron chi connectivity index (χ3n) is 3.11. The van der Waals surface area contributed by atoms with Crippen LogP contribution >= 0.6 is 45.2 Å². The van der Waals surface area contributed by atoms with E-state index < -0.39 is 0 Å². The summed E-state index contributed by atoms with van der Waals surface area (Å²) in [7, 11) is 0. The summed E-state index contributed by atoms with van der Waals surface area (Å²) in [6.45, 7) is 3.01. The largest absolute Gasteiger partial charge is 0.511 e. The first-order chi connectivity index (χ1) is 12.3. The second-order valence-electron chi connectivity index (χ2n) is 5.19. The SMILES string of the molecule is C/C(O)=C(\I)C(=O)c1ccccc1.C/C(O)=C(\I)C(=O)c1ccccc1.[Cu]. The molecule has 0 aromatic heterocycles. The molecule has 2 N–H and O–H groups in total. The average Bonchev–Trinajstić information content (AvgIpc) is 2.67. The number of hydrogen-bond donors (Lipinski definition) is 2. The van der Waals surface area contributed by atoms with Gasteiger partial charge in [-0.25, -0.2) is 0 Å².